The molecule has 46 heavy (non-hydrogen) atoms. The zero-order valence-electron chi connectivity index (χ0n) is 27.8. The molecule has 1 aromatic rings. The minimum Gasteiger partial charge on any atom is -0.507 e. The molecule has 7 atom stereocenters. The number of carbonyl (C=O) groups is 3. The Bertz CT molecular complexity index is 1740. The van der Waals surface area contributed by atoms with Crippen molar-refractivity contribution in [3.63, 3.8) is 0 Å². The number of ether oxygens (including phenoxy) is 3. The highest BCUT2D eigenvalue weighted by Gasteiger charge is 2.81. The number of hydrogen-bond acceptors (Lipinski definition) is 7. The first-order chi connectivity index (χ1) is 21.5. The molecule has 8 nitrogen and oxygen atoms in total. The predicted octanol–water partition coefficient (Wildman–Crippen LogP) is 6.94. The largest absolute Gasteiger partial charge is 0.507 e. The molecule has 0 aromatic heterocycles. The number of benzene rings is 1. The Balaban J connectivity index is 1.52. The summed E-state index contributed by atoms with van der Waals surface area (Å²) in [6, 6.07) is 0. The first-order valence-corrected chi connectivity index (χ1v) is 16.5. The summed E-state index contributed by atoms with van der Waals surface area (Å²) in [5, 5.41) is 21.8. The van der Waals surface area contributed by atoms with Gasteiger partial charge in [-0.2, -0.15) is 0 Å². The summed E-state index contributed by atoms with van der Waals surface area (Å²) in [7, 11) is 0. The van der Waals surface area contributed by atoms with Crippen LogP contribution in [0.4, 0.5) is 0 Å². The molecule has 7 aliphatic rings. The number of phenolic OH excluding ortho intramolecular Hbond substituents is 1. The summed E-state index contributed by atoms with van der Waals surface area (Å²) >= 11 is 0. The van der Waals surface area contributed by atoms with Crippen molar-refractivity contribution in [3.8, 4) is 17.2 Å². The summed E-state index contributed by atoms with van der Waals surface area (Å²) in [4.78, 5) is 41.1. The van der Waals surface area contributed by atoms with E-state index in [4.69, 9.17) is 14.2 Å². The van der Waals surface area contributed by atoms with Crippen molar-refractivity contribution in [1.82, 2.24) is 0 Å². The van der Waals surface area contributed by atoms with Crippen molar-refractivity contribution in [2.45, 2.75) is 115 Å². The van der Waals surface area contributed by atoms with E-state index in [9.17, 15) is 24.6 Å². The van der Waals surface area contributed by atoms with Crippen LogP contribution in [0, 0.1) is 17.8 Å². The van der Waals surface area contributed by atoms with Gasteiger partial charge in [0.05, 0.1) is 5.60 Å². The molecule has 0 radical (unpaired) electrons. The molecule has 1 aromatic carbocycles. The van der Waals surface area contributed by atoms with Crippen LogP contribution in [0.2, 0.25) is 0 Å². The first-order valence-electron chi connectivity index (χ1n) is 16.5. The number of aromatic hydroxyl groups is 1. The number of allylic oxidation sites excluding steroid dienone is 4. The Morgan fingerprint density at radius 3 is 2.46 bits per heavy atom. The molecule has 8 heteroatoms. The van der Waals surface area contributed by atoms with Gasteiger partial charge in [0.2, 0.25) is 0 Å². The molecule has 3 fully saturated rings. The molecule has 244 valence electrons. The molecule has 2 N–H and O–H groups in total. The fraction of sp³-hybridized carbons (Fsp3) is 0.553. The van der Waals surface area contributed by atoms with Gasteiger partial charge < -0.3 is 24.4 Å². The van der Waals surface area contributed by atoms with Gasteiger partial charge in [-0.3, -0.25) is 9.59 Å². The number of hydrogen-bond donors (Lipinski definition) is 2. The lowest BCUT2D eigenvalue weighted by atomic mass is 9.51. The van der Waals surface area contributed by atoms with E-state index in [0.29, 0.717) is 41.7 Å². The minimum atomic E-state index is -1.62. The van der Waals surface area contributed by atoms with Crippen LogP contribution in [0.5, 0.6) is 17.2 Å². The normalized spacial score (nSPS) is 36.1. The monoisotopic (exact) mass is 628 g/mol. The molecular weight excluding hydrogens is 584 g/mol. The van der Waals surface area contributed by atoms with Crippen molar-refractivity contribution in [2.75, 3.05) is 0 Å². The van der Waals surface area contributed by atoms with E-state index in [1.54, 1.807) is 6.08 Å². The first kappa shape index (κ1) is 31.0. The van der Waals surface area contributed by atoms with Crippen molar-refractivity contribution < 1.29 is 38.8 Å². The minimum absolute atomic E-state index is 0.0580. The van der Waals surface area contributed by atoms with Gasteiger partial charge in [-0.05, 0) is 86.5 Å². The lowest BCUT2D eigenvalue weighted by Gasteiger charge is -2.56. The van der Waals surface area contributed by atoms with Gasteiger partial charge in [0.25, 0.3) is 0 Å². The molecule has 6 bridgehead atoms. The van der Waals surface area contributed by atoms with E-state index in [2.05, 4.69) is 19.6 Å². The summed E-state index contributed by atoms with van der Waals surface area (Å²) in [6.07, 6.45) is 8.47. The van der Waals surface area contributed by atoms with Crippen molar-refractivity contribution in [3.05, 3.63) is 63.8 Å². The lowest BCUT2D eigenvalue weighted by Crippen LogP contribution is -2.72. The molecule has 4 aliphatic carbocycles. The summed E-state index contributed by atoms with van der Waals surface area (Å²) in [5.74, 6) is -1.93. The topological polar surface area (TPSA) is 119 Å². The van der Waals surface area contributed by atoms with Gasteiger partial charge in [-0.15, -0.1) is 0 Å². The van der Waals surface area contributed by atoms with Gasteiger partial charge in [-0.25, -0.2) is 4.79 Å². The second kappa shape index (κ2) is 9.69. The van der Waals surface area contributed by atoms with Crippen LogP contribution in [0.15, 0.2) is 47.1 Å². The number of aliphatic carboxylic acids is 1. The highest BCUT2D eigenvalue weighted by Crippen LogP contribution is 2.69. The number of carboxylic acid groups (broad SMARTS) is 1. The van der Waals surface area contributed by atoms with Crippen LogP contribution < -0.4 is 9.47 Å². The quantitative estimate of drug-likeness (QED) is 0.257. The Hall–Kier alpha value is -3.65. The standard InChI is InChI=1S/C38H44O8/c1-18(2)9-10-23-31-27(24-17-36(8,44-31)13-12-22(24)19(3)4)30(40)28-29(39)25-15-21-16-26-35(6,7)46-37(33(21)41,14-11-20(5)34(42)43)38(25,26)45-32(23)28/h9,11,15,21-22,24,26,40H,3,10,12-14,16-17H2,1-2,4-8H3,(H,42,43)/b20-11-/t21-,22?,24+,26+,36-,37+,38-/m1/s1. The van der Waals surface area contributed by atoms with E-state index in [0.717, 1.165) is 24.0 Å². The van der Waals surface area contributed by atoms with E-state index in [-0.39, 0.29) is 58.4 Å². The maximum absolute atomic E-state index is 15.0. The smallest absolute Gasteiger partial charge is 0.330 e. The molecule has 3 heterocycles. The predicted molar refractivity (Wildman–Crippen MR) is 171 cm³/mol. The molecule has 1 spiro atoms. The average molecular weight is 629 g/mol. The fourth-order valence-corrected chi connectivity index (χ4v) is 9.66. The Morgan fingerprint density at radius 1 is 1.09 bits per heavy atom. The number of carbonyl (C=O) groups excluding carboxylic acids is 2. The maximum Gasteiger partial charge on any atom is 0.330 e. The Labute approximate surface area is 270 Å². The molecule has 1 unspecified atom stereocenters. The summed E-state index contributed by atoms with van der Waals surface area (Å²) in [6.45, 7) is 17.7. The second-order valence-corrected chi connectivity index (χ2v) is 15.5. The van der Waals surface area contributed by atoms with Crippen LogP contribution in [-0.4, -0.2) is 50.2 Å². The highest BCUT2D eigenvalue weighted by atomic mass is 16.6. The summed E-state index contributed by atoms with van der Waals surface area (Å²) in [5.41, 5.74) is -0.519. The number of fused-ring (bicyclic) bond motifs is 5. The van der Waals surface area contributed by atoms with Gasteiger partial charge in [0.15, 0.2) is 22.8 Å². The van der Waals surface area contributed by atoms with Crippen LogP contribution in [0.3, 0.4) is 0 Å². The molecule has 0 amide bonds. The van der Waals surface area contributed by atoms with Gasteiger partial charge >= 0.3 is 5.97 Å². The van der Waals surface area contributed by atoms with E-state index in [1.165, 1.54) is 13.0 Å². The van der Waals surface area contributed by atoms with E-state index in [1.807, 2.05) is 34.6 Å². The van der Waals surface area contributed by atoms with Crippen LogP contribution in [0.25, 0.3) is 0 Å². The third kappa shape index (κ3) is 3.85. The molecule has 1 saturated heterocycles. The van der Waals surface area contributed by atoms with Crippen LogP contribution in [0.1, 0.15) is 108 Å². The van der Waals surface area contributed by atoms with Crippen molar-refractivity contribution >= 4 is 17.5 Å². The maximum atomic E-state index is 15.0. The number of carboxylic acids is 1. The molecular formula is C38H44O8. The van der Waals surface area contributed by atoms with Crippen LogP contribution >= 0.6 is 0 Å². The molecule has 8 rings (SSSR count). The number of phenols is 1. The average Bonchev–Trinajstić information content (AvgIpc) is 3.11. The Morgan fingerprint density at radius 2 is 1.80 bits per heavy atom. The van der Waals surface area contributed by atoms with Crippen molar-refractivity contribution in [2.24, 2.45) is 17.8 Å². The zero-order valence-corrected chi connectivity index (χ0v) is 27.8. The Kier molecular flexibility index (Phi) is 6.53. The molecule has 2 saturated carbocycles. The fourth-order valence-electron chi connectivity index (χ4n) is 9.66. The highest BCUT2D eigenvalue weighted by molar-refractivity contribution is 6.18. The van der Waals surface area contributed by atoms with Gasteiger partial charge in [0, 0.05) is 46.4 Å². The van der Waals surface area contributed by atoms with Gasteiger partial charge in [0.1, 0.15) is 28.4 Å². The zero-order chi connectivity index (χ0) is 33.3. The lowest BCUT2D eigenvalue weighted by molar-refractivity contribution is -0.171. The van der Waals surface area contributed by atoms with Crippen LogP contribution in [-0.2, 0) is 20.7 Å². The second-order valence-electron chi connectivity index (χ2n) is 15.5. The SMILES string of the molecule is C=C(C)C1CC[C@]2(C)C[C@@H]1c1c(O)c3c(c(CC=C(C)C)c1O2)O[C@]12C(=C[C@@H]4C[C@H]1C(C)(C)O[C@@]2(C/C=C(/C)C(=O)O)C4=O)C3=O. The summed E-state index contributed by atoms with van der Waals surface area (Å²) < 4.78 is 20.8. The third-order valence-electron chi connectivity index (χ3n) is 11.8. The van der Waals surface area contributed by atoms with Crippen molar-refractivity contribution in [1.29, 1.82) is 0 Å². The number of Topliss-reactive ketones (excluding diaryl/α,β-unsaturated/α-hetero) is 2. The number of ketones is 2. The van der Waals surface area contributed by atoms with E-state index < -0.39 is 34.3 Å². The van der Waals surface area contributed by atoms with E-state index >= 15 is 0 Å². The number of rotatable bonds is 6. The molecule has 3 aliphatic heterocycles. The third-order valence-corrected chi connectivity index (χ3v) is 11.8. The van der Waals surface area contributed by atoms with Gasteiger partial charge in [-0.1, -0.05) is 36.0 Å².